The first-order chi connectivity index (χ1) is 11.7. The van der Waals surface area contributed by atoms with Crippen molar-refractivity contribution in [3.05, 3.63) is 53.8 Å². The van der Waals surface area contributed by atoms with Crippen LogP contribution in [-0.2, 0) is 4.74 Å². The summed E-state index contributed by atoms with van der Waals surface area (Å²) in [4.78, 5) is 12.0. The lowest BCUT2D eigenvalue weighted by molar-refractivity contribution is 0.104. The van der Waals surface area contributed by atoms with Crippen LogP contribution in [-0.4, -0.2) is 26.5 Å². The molecule has 0 bridgehead atoms. The summed E-state index contributed by atoms with van der Waals surface area (Å²) in [6.07, 6.45) is -0.441. The van der Waals surface area contributed by atoms with Crippen molar-refractivity contribution in [1.29, 1.82) is 0 Å². The van der Waals surface area contributed by atoms with Crippen LogP contribution in [0, 0.1) is 5.82 Å². The third-order valence-corrected chi connectivity index (χ3v) is 3.58. The van der Waals surface area contributed by atoms with Gasteiger partial charge in [0.15, 0.2) is 11.5 Å². The Balaban J connectivity index is 1.56. The zero-order valence-corrected chi connectivity index (χ0v) is 13.0. The third-order valence-electron chi connectivity index (χ3n) is 3.58. The molecule has 0 aromatic heterocycles. The molecule has 2 aromatic carbocycles. The number of hydrogen-bond acceptors (Lipinski definition) is 4. The molecule has 0 saturated carbocycles. The second kappa shape index (κ2) is 7.18. The quantitative estimate of drug-likeness (QED) is 0.883. The summed E-state index contributed by atoms with van der Waals surface area (Å²) in [6, 6.07) is 10.8. The number of halogens is 1. The van der Waals surface area contributed by atoms with Gasteiger partial charge in [0.05, 0.1) is 6.10 Å². The molecule has 7 heteroatoms. The lowest BCUT2D eigenvalue weighted by Crippen LogP contribution is -2.32. The first kappa shape index (κ1) is 16.1. The van der Waals surface area contributed by atoms with Gasteiger partial charge in [-0.25, -0.2) is 9.18 Å². The van der Waals surface area contributed by atoms with E-state index in [0.29, 0.717) is 22.7 Å². The van der Waals surface area contributed by atoms with Crippen molar-refractivity contribution in [3.8, 4) is 11.5 Å². The molecule has 0 saturated heterocycles. The summed E-state index contributed by atoms with van der Waals surface area (Å²) in [5.41, 5.74) is 1.23. The van der Waals surface area contributed by atoms with E-state index in [9.17, 15) is 9.18 Å². The summed E-state index contributed by atoms with van der Waals surface area (Å²) in [7, 11) is 1.51. The number of hydrogen-bond donors (Lipinski definition) is 2. The zero-order valence-electron chi connectivity index (χ0n) is 13.0. The number of anilines is 1. The number of urea groups is 1. The van der Waals surface area contributed by atoms with E-state index in [1.807, 2.05) is 0 Å². The fraction of sp³-hybridized carbons (Fsp3) is 0.235. The number of carbonyl (C=O) groups excluding carboxylic acids is 1. The second-order valence-electron chi connectivity index (χ2n) is 5.18. The maximum atomic E-state index is 13.3. The highest BCUT2D eigenvalue weighted by Gasteiger charge is 2.15. The van der Waals surface area contributed by atoms with Gasteiger partial charge < -0.3 is 24.8 Å². The van der Waals surface area contributed by atoms with Crippen LogP contribution in [0.25, 0.3) is 0 Å². The van der Waals surface area contributed by atoms with Crippen LogP contribution in [0.2, 0.25) is 0 Å². The number of ether oxygens (including phenoxy) is 3. The summed E-state index contributed by atoms with van der Waals surface area (Å²) < 4.78 is 29.1. The van der Waals surface area contributed by atoms with Crippen LogP contribution < -0.4 is 20.1 Å². The van der Waals surface area contributed by atoms with Crippen LogP contribution >= 0.6 is 0 Å². The van der Waals surface area contributed by atoms with Crippen molar-refractivity contribution < 1.29 is 23.4 Å². The van der Waals surface area contributed by atoms with Gasteiger partial charge in [0.1, 0.15) is 5.82 Å². The lowest BCUT2D eigenvalue weighted by atomic mass is 10.1. The Morgan fingerprint density at radius 2 is 2.08 bits per heavy atom. The maximum Gasteiger partial charge on any atom is 0.319 e. The van der Waals surface area contributed by atoms with Crippen LogP contribution in [0.1, 0.15) is 11.7 Å². The van der Waals surface area contributed by atoms with E-state index in [2.05, 4.69) is 10.6 Å². The predicted molar refractivity (Wildman–Crippen MR) is 85.7 cm³/mol. The second-order valence-corrected chi connectivity index (χ2v) is 5.18. The minimum Gasteiger partial charge on any atom is -0.454 e. The summed E-state index contributed by atoms with van der Waals surface area (Å²) in [5, 5.41) is 5.40. The van der Waals surface area contributed by atoms with Crippen molar-refractivity contribution in [1.82, 2.24) is 5.32 Å². The van der Waals surface area contributed by atoms with Crippen molar-refractivity contribution in [2.45, 2.75) is 6.10 Å². The van der Waals surface area contributed by atoms with Gasteiger partial charge in [0.2, 0.25) is 6.79 Å². The Bertz CT molecular complexity index is 738. The Morgan fingerprint density at radius 3 is 2.88 bits per heavy atom. The standard InChI is InChI=1S/C17H17FN2O4/c1-22-16(11-3-2-4-12(18)7-11)9-19-17(21)20-13-5-6-14-15(8-13)24-10-23-14/h2-8,16H,9-10H2,1H3,(H2,19,20,21)/t16-/m1/s1. The van der Waals surface area contributed by atoms with Gasteiger partial charge in [-0.1, -0.05) is 12.1 Å². The minimum atomic E-state index is -0.441. The molecule has 1 atom stereocenters. The highest BCUT2D eigenvalue weighted by molar-refractivity contribution is 5.89. The molecule has 2 amide bonds. The fourth-order valence-electron chi connectivity index (χ4n) is 2.38. The molecule has 0 unspecified atom stereocenters. The van der Waals surface area contributed by atoms with Gasteiger partial charge in [-0.2, -0.15) is 0 Å². The molecule has 1 aliphatic rings. The Kier molecular flexibility index (Phi) is 4.81. The van der Waals surface area contributed by atoms with Crippen LogP contribution in [0.3, 0.4) is 0 Å². The number of nitrogens with one attached hydrogen (secondary N) is 2. The van der Waals surface area contributed by atoms with E-state index < -0.39 is 12.1 Å². The predicted octanol–water partition coefficient (Wildman–Crippen LogP) is 3.06. The van der Waals surface area contributed by atoms with E-state index in [1.165, 1.54) is 19.2 Å². The molecule has 126 valence electrons. The van der Waals surface area contributed by atoms with Crippen LogP contribution in [0.4, 0.5) is 14.9 Å². The van der Waals surface area contributed by atoms with E-state index in [1.54, 1.807) is 30.3 Å². The molecule has 1 heterocycles. The topological polar surface area (TPSA) is 68.8 Å². The van der Waals surface area contributed by atoms with Crippen molar-refractivity contribution in [2.24, 2.45) is 0 Å². The molecule has 24 heavy (non-hydrogen) atoms. The van der Waals surface area contributed by atoms with Crippen molar-refractivity contribution in [2.75, 3.05) is 25.8 Å². The summed E-state index contributed by atoms with van der Waals surface area (Å²) >= 11 is 0. The molecular weight excluding hydrogens is 315 g/mol. The number of carbonyl (C=O) groups is 1. The van der Waals surface area contributed by atoms with Gasteiger partial charge in [0.25, 0.3) is 0 Å². The molecule has 0 fully saturated rings. The number of benzene rings is 2. The first-order valence-electron chi connectivity index (χ1n) is 7.38. The molecule has 1 aliphatic heterocycles. The molecule has 6 nitrogen and oxygen atoms in total. The van der Waals surface area contributed by atoms with Gasteiger partial charge in [-0.05, 0) is 29.8 Å². The first-order valence-corrected chi connectivity index (χ1v) is 7.38. The molecule has 2 aromatic rings. The molecule has 0 radical (unpaired) electrons. The number of amides is 2. The summed E-state index contributed by atoms with van der Waals surface area (Å²) in [5.74, 6) is 0.883. The largest absolute Gasteiger partial charge is 0.454 e. The number of rotatable bonds is 5. The monoisotopic (exact) mass is 332 g/mol. The Morgan fingerprint density at radius 1 is 1.25 bits per heavy atom. The lowest BCUT2D eigenvalue weighted by Gasteiger charge is -2.17. The minimum absolute atomic E-state index is 0.175. The highest BCUT2D eigenvalue weighted by Crippen LogP contribution is 2.34. The third kappa shape index (κ3) is 3.75. The van der Waals surface area contributed by atoms with Crippen molar-refractivity contribution in [3.63, 3.8) is 0 Å². The van der Waals surface area contributed by atoms with E-state index in [0.717, 1.165) is 0 Å². The molecular formula is C17H17FN2O4. The maximum absolute atomic E-state index is 13.3. The van der Waals surface area contributed by atoms with Crippen LogP contribution in [0.15, 0.2) is 42.5 Å². The molecule has 3 rings (SSSR count). The molecule has 2 N–H and O–H groups in total. The fourth-order valence-corrected chi connectivity index (χ4v) is 2.38. The Hall–Kier alpha value is -2.80. The van der Waals surface area contributed by atoms with Gasteiger partial charge >= 0.3 is 6.03 Å². The normalized spacial score (nSPS) is 13.4. The Labute approximate surface area is 138 Å². The van der Waals surface area contributed by atoms with Gasteiger partial charge in [0, 0.05) is 25.4 Å². The smallest absolute Gasteiger partial charge is 0.319 e. The average molecular weight is 332 g/mol. The number of fused-ring (bicyclic) bond motifs is 1. The van der Waals surface area contributed by atoms with Crippen molar-refractivity contribution >= 4 is 11.7 Å². The van der Waals surface area contributed by atoms with Crippen LogP contribution in [0.5, 0.6) is 11.5 Å². The van der Waals surface area contributed by atoms with E-state index in [4.69, 9.17) is 14.2 Å². The van der Waals surface area contributed by atoms with E-state index >= 15 is 0 Å². The zero-order chi connectivity index (χ0) is 16.9. The van der Waals surface area contributed by atoms with Gasteiger partial charge in [-0.15, -0.1) is 0 Å². The molecule has 0 spiro atoms. The average Bonchev–Trinajstić information content (AvgIpc) is 3.03. The molecule has 0 aliphatic carbocycles. The summed E-state index contributed by atoms with van der Waals surface area (Å²) in [6.45, 7) is 0.379. The van der Waals surface area contributed by atoms with E-state index in [-0.39, 0.29) is 19.2 Å². The van der Waals surface area contributed by atoms with Gasteiger partial charge in [-0.3, -0.25) is 0 Å². The number of methoxy groups -OCH3 is 1. The highest BCUT2D eigenvalue weighted by atomic mass is 19.1. The SMILES string of the molecule is CO[C@H](CNC(=O)Nc1ccc2c(c1)OCO2)c1cccc(F)c1.